The third-order valence-corrected chi connectivity index (χ3v) is 4.78. The van der Waals surface area contributed by atoms with Crippen LogP contribution in [0.3, 0.4) is 0 Å². The molecule has 1 N–H and O–H groups in total. The third kappa shape index (κ3) is 4.44. The van der Waals surface area contributed by atoms with Crippen molar-refractivity contribution in [3.63, 3.8) is 0 Å². The van der Waals surface area contributed by atoms with E-state index in [1.54, 1.807) is 4.88 Å². The number of thiophene rings is 1. The molecule has 0 radical (unpaired) electrons. The van der Waals surface area contributed by atoms with Crippen LogP contribution in [0, 0.1) is 5.92 Å². The predicted octanol–water partition coefficient (Wildman–Crippen LogP) is 4.24. The molecule has 0 spiro atoms. The summed E-state index contributed by atoms with van der Waals surface area (Å²) >= 11 is 1.90. The van der Waals surface area contributed by atoms with Gasteiger partial charge in [-0.3, -0.25) is 0 Å². The maximum Gasteiger partial charge on any atom is 0.00731 e. The quantitative estimate of drug-likeness (QED) is 0.728. The van der Waals surface area contributed by atoms with Crippen LogP contribution >= 0.6 is 11.3 Å². The highest BCUT2D eigenvalue weighted by Gasteiger charge is 2.21. The first-order valence-corrected chi connectivity index (χ1v) is 8.02. The normalized spacial score (nSPS) is 17.9. The van der Waals surface area contributed by atoms with Crippen molar-refractivity contribution in [3.8, 4) is 0 Å². The summed E-state index contributed by atoms with van der Waals surface area (Å²) in [5, 5.41) is 5.93. The predicted molar refractivity (Wildman–Crippen MR) is 76.7 cm³/mol. The molecule has 1 heterocycles. The van der Waals surface area contributed by atoms with E-state index < -0.39 is 0 Å². The van der Waals surface area contributed by atoms with Gasteiger partial charge in [0, 0.05) is 10.9 Å². The molecule has 0 saturated heterocycles. The Labute approximate surface area is 110 Å². The van der Waals surface area contributed by atoms with Gasteiger partial charge in [0.05, 0.1) is 0 Å². The monoisotopic (exact) mass is 251 g/mol. The van der Waals surface area contributed by atoms with Crippen LogP contribution in [-0.2, 0) is 6.42 Å². The van der Waals surface area contributed by atoms with Gasteiger partial charge in [-0.25, -0.2) is 0 Å². The van der Waals surface area contributed by atoms with Gasteiger partial charge in [-0.15, -0.1) is 11.3 Å². The van der Waals surface area contributed by atoms with E-state index in [1.807, 2.05) is 11.3 Å². The van der Waals surface area contributed by atoms with Crippen molar-refractivity contribution in [2.75, 3.05) is 6.54 Å². The molecular weight excluding hydrogens is 226 g/mol. The molecule has 1 saturated carbocycles. The van der Waals surface area contributed by atoms with Gasteiger partial charge in [0.1, 0.15) is 0 Å². The zero-order valence-electron chi connectivity index (χ0n) is 11.0. The second kappa shape index (κ2) is 7.17. The van der Waals surface area contributed by atoms with Crippen LogP contribution in [0.4, 0.5) is 0 Å². The van der Waals surface area contributed by atoms with E-state index in [2.05, 4.69) is 29.8 Å². The lowest BCUT2D eigenvalue weighted by Crippen LogP contribution is -2.33. The molecule has 1 aliphatic rings. The van der Waals surface area contributed by atoms with Crippen molar-refractivity contribution in [2.24, 2.45) is 5.92 Å². The first-order valence-electron chi connectivity index (χ1n) is 7.14. The van der Waals surface area contributed by atoms with E-state index in [4.69, 9.17) is 0 Å². The second-order valence-corrected chi connectivity index (χ2v) is 6.33. The van der Waals surface area contributed by atoms with Crippen LogP contribution in [0.25, 0.3) is 0 Å². The molecule has 1 aromatic rings. The first-order chi connectivity index (χ1) is 8.38. The zero-order valence-corrected chi connectivity index (χ0v) is 11.8. The standard InChI is InChI=1S/C15H25NS/c1-2-10-16-14(12-13-5-3-6-13)8-9-15-7-4-11-17-15/h4,7,11,13-14,16H,2-3,5-6,8-10,12H2,1H3. The van der Waals surface area contributed by atoms with Crippen LogP contribution in [0.5, 0.6) is 0 Å². The molecule has 0 aliphatic heterocycles. The molecule has 1 unspecified atom stereocenters. The Morgan fingerprint density at radius 1 is 1.47 bits per heavy atom. The van der Waals surface area contributed by atoms with Crippen LogP contribution in [0.1, 0.15) is 50.3 Å². The highest BCUT2D eigenvalue weighted by Crippen LogP contribution is 2.31. The zero-order chi connectivity index (χ0) is 11.9. The Bertz CT molecular complexity index is 290. The van der Waals surface area contributed by atoms with Crippen molar-refractivity contribution < 1.29 is 0 Å². The molecule has 1 atom stereocenters. The summed E-state index contributed by atoms with van der Waals surface area (Å²) in [7, 11) is 0. The van der Waals surface area contributed by atoms with Crippen molar-refractivity contribution in [3.05, 3.63) is 22.4 Å². The van der Waals surface area contributed by atoms with Crippen LogP contribution in [0.15, 0.2) is 17.5 Å². The van der Waals surface area contributed by atoms with E-state index in [-0.39, 0.29) is 0 Å². The summed E-state index contributed by atoms with van der Waals surface area (Å²) in [5.41, 5.74) is 0. The Kier molecular flexibility index (Phi) is 5.53. The summed E-state index contributed by atoms with van der Waals surface area (Å²) in [6.45, 7) is 3.44. The average molecular weight is 251 g/mol. The number of rotatable bonds is 8. The van der Waals surface area contributed by atoms with Gasteiger partial charge in [0.15, 0.2) is 0 Å². The molecule has 1 nitrogen and oxygen atoms in total. The summed E-state index contributed by atoms with van der Waals surface area (Å²) in [6.07, 6.45) is 9.65. The summed E-state index contributed by atoms with van der Waals surface area (Å²) in [4.78, 5) is 1.54. The van der Waals surface area contributed by atoms with Crippen LogP contribution in [0.2, 0.25) is 0 Å². The third-order valence-electron chi connectivity index (χ3n) is 3.84. The molecule has 0 bridgehead atoms. The van der Waals surface area contributed by atoms with Crippen molar-refractivity contribution in [2.45, 2.75) is 57.9 Å². The fraction of sp³-hybridized carbons (Fsp3) is 0.733. The van der Waals surface area contributed by atoms with Gasteiger partial charge in [-0.05, 0) is 49.6 Å². The van der Waals surface area contributed by atoms with E-state index in [9.17, 15) is 0 Å². The molecule has 2 rings (SSSR count). The molecular formula is C15H25NS. The number of nitrogens with one attached hydrogen (secondary N) is 1. The van der Waals surface area contributed by atoms with Gasteiger partial charge in [-0.1, -0.05) is 32.3 Å². The fourth-order valence-corrected chi connectivity index (χ4v) is 3.28. The second-order valence-electron chi connectivity index (χ2n) is 5.30. The highest BCUT2D eigenvalue weighted by atomic mass is 32.1. The van der Waals surface area contributed by atoms with Gasteiger partial charge < -0.3 is 5.32 Å². The highest BCUT2D eigenvalue weighted by molar-refractivity contribution is 7.09. The number of hydrogen-bond acceptors (Lipinski definition) is 2. The SMILES string of the molecule is CCCNC(CCc1cccs1)CC1CCC1. The molecule has 1 aliphatic carbocycles. The van der Waals surface area contributed by atoms with Gasteiger partial charge >= 0.3 is 0 Å². The topological polar surface area (TPSA) is 12.0 Å². The molecule has 1 aromatic heterocycles. The number of hydrogen-bond donors (Lipinski definition) is 1. The Balaban J connectivity index is 1.72. The Hall–Kier alpha value is -0.340. The Morgan fingerprint density at radius 3 is 2.94 bits per heavy atom. The summed E-state index contributed by atoms with van der Waals surface area (Å²) < 4.78 is 0. The molecule has 0 aromatic carbocycles. The molecule has 2 heteroatoms. The van der Waals surface area contributed by atoms with Gasteiger partial charge in [-0.2, -0.15) is 0 Å². The maximum absolute atomic E-state index is 3.74. The van der Waals surface area contributed by atoms with Crippen molar-refractivity contribution in [1.82, 2.24) is 5.32 Å². The maximum atomic E-state index is 3.74. The lowest BCUT2D eigenvalue weighted by Gasteiger charge is -2.30. The summed E-state index contributed by atoms with van der Waals surface area (Å²) in [5.74, 6) is 1.02. The minimum atomic E-state index is 0.752. The van der Waals surface area contributed by atoms with Crippen molar-refractivity contribution in [1.29, 1.82) is 0 Å². The lowest BCUT2D eigenvalue weighted by molar-refractivity contribution is 0.254. The Morgan fingerprint density at radius 2 is 2.35 bits per heavy atom. The lowest BCUT2D eigenvalue weighted by atomic mass is 9.80. The smallest absolute Gasteiger partial charge is 0.00731 e. The molecule has 0 amide bonds. The molecule has 17 heavy (non-hydrogen) atoms. The van der Waals surface area contributed by atoms with Gasteiger partial charge in [0.2, 0.25) is 0 Å². The first kappa shape index (κ1) is 13.1. The fourth-order valence-electron chi connectivity index (χ4n) is 2.55. The minimum Gasteiger partial charge on any atom is -0.314 e. The van der Waals surface area contributed by atoms with E-state index in [1.165, 1.54) is 51.5 Å². The average Bonchev–Trinajstić information content (AvgIpc) is 2.78. The van der Waals surface area contributed by atoms with E-state index >= 15 is 0 Å². The molecule has 96 valence electrons. The van der Waals surface area contributed by atoms with Crippen LogP contribution in [-0.4, -0.2) is 12.6 Å². The van der Waals surface area contributed by atoms with Gasteiger partial charge in [0.25, 0.3) is 0 Å². The van der Waals surface area contributed by atoms with Crippen molar-refractivity contribution >= 4 is 11.3 Å². The van der Waals surface area contributed by atoms with E-state index in [0.717, 1.165) is 12.0 Å². The summed E-state index contributed by atoms with van der Waals surface area (Å²) in [6, 6.07) is 5.19. The molecule has 1 fully saturated rings. The number of aryl methyl sites for hydroxylation is 1. The van der Waals surface area contributed by atoms with E-state index in [0.29, 0.717) is 0 Å². The minimum absolute atomic E-state index is 0.752. The van der Waals surface area contributed by atoms with Crippen LogP contribution < -0.4 is 5.32 Å². The largest absolute Gasteiger partial charge is 0.314 e.